The van der Waals surface area contributed by atoms with Gasteiger partial charge in [0.05, 0.1) is 18.8 Å². The molecule has 1 aromatic rings. The van der Waals surface area contributed by atoms with E-state index in [0.29, 0.717) is 6.10 Å². The maximum Gasteiger partial charge on any atom is 0.110 e. The number of benzene rings is 1. The van der Waals surface area contributed by atoms with Gasteiger partial charge in [-0.3, -0.25) is 0 Å². The van der Waals surface area contributed by atoms with Gasteiger partial charge < -0.3 is 9.47 Å². The SMILES string of the molecule is CC1(C)OC1COCCSc1ccccc1. The Morgan fingerprint density at radius 2 is 2.00 bits per heavy atom. The summed E-state index contributed by atoms with van der Waals surface area (Å²) in [5, 5.41) is 0. The lowest BCUT2D eigenvalue weighted by Gasteiger charge is -2.03. The molecule has 1 unspecified atom stereocenters. The molecule has 0 aromatic heterocycles. The van der Waals surface area contributed by atoms with Crippen LogP contribution in [0, 0.1) is 0 Å². The Labute approximate surface area is 101 Å². The Bertz CT molecular complexity index is 324. The second kappa shape index (κ2) is 5.21. The smallest absolute Gasteiger partial charge is 0.110 e. The minimum atomic E-state index is 0.0482. The monoisotopic (exact) mass is 238 g/mol. The molecule has 88 valence electrons. The van der Waals surface area contributed by atoms with Gasteiger partial charge in [0.15, 0.2) is 0 Å². The zero-order valence-corrected chi connectivity index (χ0v) is 10.6. The average Bonchev–Trinajstić information content (AvgIpc) is 2.87. The van der Waals surface area contributed by atoms with Crippen molar-refractivity contribution in [1.82, 2.24) is 0 Å². The van der Waals surface area contributed by atoms with E-state index in [1.165, 1.54) is 4.90 Å². The summed E-state index contributed by atoms with van der Waals surface area (Å²) in [6.45, 7) is 5.71. The van der Waals surface area contributed by atoms with Crippen molar-refractivity contribution in [2.45, 2.75) is 30.4 Å². The molecule has 0 N–H and O–H groups in total. The molecule has 2 nitrogen and oxygen atoms in total. The van der Waals surface area contributed by atoms with Gasteiger partial charge in [0, 0.05) is 10.6 Å². The normalized spacial score (nSPS) is 22.0. The van der Waals surface area contributed by atoms with Crippen LogP contribution in [-0.4, -0.2) is 30.7 Å². The molecule has 0 spiro atoms. The Hall–Kier alpha value is -0.510. The van der Waals surface area contributed by atoms with Gasteiger partial charge >= 0.3 is 0 Å². The van der Waals surface area contributed by atoms with Crippen LogP contribution in [0.2, 0.25) is 0 Å². The number of rotatable bonds is 6. The fourth-order valence-electron chi connectivity index (χ4n) is 1.49. The van der Waals surface area contributed by atoms with E-state index < -0.39 is 0 Å². The molecule has 3 heteroatoms. The largest absolute Gasteiger partial charge is 0.378 e. The lowest BCUT2D eigenvalue weighted by molar-refractivity contribution is 0.130. The predicted molar refractivity (Wildman–Crippen MR) is 66.9 cm³/mol. The Morgan fingerprint density at radius 3 is 2.62 bits per heavy atom. The summed E-state index contributed by atoms with van der Waals surface area (Å²) in [6, 6.07) is 10.4. The van der Waals surface area contributed by atoms with E-state index in [9.17, 15) is 0 Å². The highest BCUT2D eigenvalue weighted by Crippen LogP contribution is 2.35. The Morgan fingerprint density at radius 1 is 1.31 bits per heavy atom. The fourth-order valence-corrected chi connectivity index (χ4v) is 2.28. The molecule has 1 aliphatic heterocycles. The predicted octanol–water partition coefficient (Wildman–Crippen LogP) is 2.97. The summed E-state index contributed by atoms with van der Waals surface area (Å²) in [5.74, 6) is 0.997. The highest BCUT2D eigenvalue weighted by Gasteiger charge is 2.47. The van der Waals surface area contributed by atoms with Crippen molar-refractivity contribution in [3.63, 3.8) is 0 Å². The van der Waals surface area contributed by atoms with Crippen LogP contribution in [0.3, 0.4) is 0 Å². The van der Waals surface area contributed by atoms with Crippen LogP contribution in [0.1, 0.15) is 13.8 Å². The van der Waals surface area contributed by atoms with E-state index in [1.54, 1.807) is 0 Å². The molecule has 0 aliphatic carbocycles. The van der Waals surface area contributed by atoms with Gasteiger partial charge in [0.1, 0.15) is 6.10 Å². The topological polar surface area (TPSA) is 21.8 Å². The van der Waals surface area contributed by atoms with Gasteiger partial charge in [-0.1, -0.05) is 18.2 Å². The molecule has 1 aromatic carbocycles. The second-order valence-corrected chi connectivity index (χ2v) is 5.61. The number of epoxide rings is 1. The van der Waals surface area contributed by atoms with Crippen LogP contribution in [0.15, 0.2) is 35.2 Å². The van der Waals surface area contributed by atoms with Gasteiger partial charge in [0.25, 0.3) is 0 Å². The van der Waals surface area contributed by atoms with E-state index >= 15 is 0 Å². The minimum Gasteiger partial charge on any atom is -0.378 e. The number of hydrogen-bond donors (Lipinski definition) is 0. The molecule has 0 saturated carbocycles. The first-order chi connectivity index (χ1) is 7.68. The molecule has 0 amide bonds. The number of thioether (sulfide) groups is 1. The maximum absolute atomic E-state index is 5.57. The summed E-state index contributed by atoms with van der Waals surface area (Å²) in [7, 11) is 0. The molecule has 0 radical (unpaired) electrons. The van der Waals surface area contributed by atoms with Crippen molar-refractivity contribution in [2.75, 3.05) is 19.0 Å². The van der Waals surface area contributed by atoms with Crippen LogP contribution < -0.4 is 0 Å². The minimum absolute atomic E-state index is 0.0482. The second-order valence-electron chi connectivity index (χ2n) is 4.45. The standard InChI is InChI=1S/C13H18O2S/c1-13(2)12(15-13)10-14-8-9-16-11-6-4-3-5-7-11/h3-7,12H,8-10H2,1-2H3. The summed E-state index contributed by atoms with van der Waals surface area (Å²) >= 11 is 1.83. The summed E-state index contributed by atoms with van der Waals surface area (Å²) in [4.78, 5) is 1.30. The highest BCUT2D eigenvalue weighted by atomic mass is 32.2. The van der Waals surface area contributed by atoms with Gasteiger partial charge in [-0.15, -0.1) is 11.8 Å². The van der Waals surface area contributed by atoms with E-state index in [2.05, 4.69) is 38.1 Å². The molecule has 1 aliphatic rings. The first-order valence-corrected chi connectivity index (χ1v) is 6.60. The third kappa shape index (κ3) is 3.51. The lowest BCUT2D eigenvalue weighted by atomic mass is 10.1. The van der Waals surface area contributed by atoms with E-state index in [-0.39, 0.29) is 5.60 Å². The Balaban J connectivity index is 1.53. The first kappa shape index (κ1) is 12.0. The van der Waals surface area contributed by atoms with E-state index in [4.69, 9.17) is 9.47 Å². The van der Waals surface area contributed by atoms with Crippen LogP contribution >= 0.6 is 11.8 Å². The van der Waals surface area contributed by atoms with Gasteiger partial charge in [-0.2, -0.15) is 0 Å². The molecule has 1 heterocycles. The Kier molecular flexibility index (Phi) is 3.90. The van der Waals surface area contributed by atoms with Gasteiger partial charge in [-0.05, 0) is 26.0 Å². The van der Waals surface area contributed by atoms with Crippen LogP contribution in [0.5, 0.6) is 0 Å². The first-order valence-electron chi connectivity index (χ1n) is 5.62. The zero-order chi connectivity index (χ0) is 11.4. The maximum atomic E-state index is 5.57. The van der Waals surface area contributed by atoms with Crippen LogP contribution in [-0.2, 0) is 9.47 Å². The molecule has 2 rings (SSSR count). The molecule has 16 heavy (non-hydrogen) atoms. The summed E-state index contributed by atoms with van der Waals surface area (Å²) < 4.78 is 11.0. The number of ether oxygens (including phenoxy) is 2. The summed E-state index contributed by atoms with van der Waals surface area (Å²) in [6.07, 6.45) is 0.300. The van der Waals surface area contributed by atoms with E-state index in [1.807, 2.05) is 17.8 Å². The fraction of sp³-hybridized carbons (Fsp3) is 0.538. The van der Waals surface area contributed by atoms with Crippen molar-refractivity contribution in [2.24, 2.45) is 0 Å². The molecule has 1 saturated heterocycles. The van der Waals surface area contributed by atoms with Gasteiger partial charge in [0.2, 0.25) is 0 Å². The van der Waals surface area contributed by atoms with Crippen molar-refractivity contribution in [1.29, 1.82) is 0 Å². The molecular formula is C13H18O2S. The average molecular weight is 238 g/mol. The van der Waals surface area contributed by atoms with Crippen molar-refractivity contribution >= 4 is 11.8 Å². The molecule has 1 fully saturated rings. The summed E-state index contributed by atoms with van der Waals surface area (Å²) in [5.41, 5.74) is 0.0482. The van der Waals surface area contributed by atoms with E-state index in [0.717, 1.165) is 19.0 Å². The number of hydrogen-bond acceptors (Lipinski definition) is 3. The quantitative estimate of drug-likeness (QED) is 0.432. The highest BCUT2D eigenvalue weighted by molar-refractivity contribution is 7.99. The van der Waals surface area contributed by atoms with Crippen LogP contribution in [0.4, 0.5) is 0 Å². The molecule has 0 bridgehead atoms. The van der Waals surface area contributed by atoms with Crippen molar-refractivity contribution in [3.8, 4) is 0 Å². The van der Waals surface area contributed by atoms with Crippen molar-refractivity contribution < 1.29 is 9.47 Å². The zero-order valence-electron chi connectivity index (χ0n) is 9.81. The third-order valence-corrected chi connectivity index (χ3v) is 3.65. The molecule has 1 atom stereocenters. The molecular weight excluding hydrogens is 220 g/mol. The van der Waals surface area contributed by atoms with Gasteiger partial charge in [-0.25, -0.2) is 0 Å². The third-order valence-electron chi connectivity index (χ3n) is 2.67. The van der Waals surface area contributed by atoms with Crippen LogP contribution in [0.25, 0.3) is 0 Å². The van der Waals surface area contributed by atoms with Crippen molar-refractivity contribution in [3.05, 3.63) is 30.3 Å². The lowest BCUT2D eigenvalue weighted by Crippen LogP contribution is -2.11.